The Morgan fingerprint density at radius 2 is 1.57 bits per heavy atom. The van der Waals surface area contributed by atoms with Crippen molar-refractivity contribution in [1.82, 2.24) is 0 Å². The second-order valence-corrected chi connectivity index (χ2v) is 5.42. The van der Waals surface area contributed by atoms with Gasteiger partial charge in [-0.05, 0) is 47.4 Å². The molecule has 0 spiro atoms. The van der Waals surface area contributed by atoms with Crippen LogP contribution in [0.1, 0.15) is 48.2 Å². The maximum absolute atomic E-state index is 11.5. The first-order valence-electron chi connectivity index (χ1n) is 6.95. The Hall–Kier alpha value is -2.42. The number of rotatable bonds is 2. The van der Waals surface area contributed by atoms with Gasteiger partial charge in [0.05, 0.1) is 0 Å². The van der Waals surface area contributed by atoms with Crippen LogP contribution in [0.2, 0.25) is 0 Å². The van der Waals surface area contributed by atoms with Crippen molar-refractivity contribution in [2.24, 2.45) is 0 Å². The van der Waals surface area contributed by atoms with Crippen LogP contribution < -0.4 is 4.74 Å². The van der Waals surface area contributed by atoms with E-state index in [9.17, 15) is 9.59 Å². The zero-order valence-corrected chi connectivity index (χ0v) is 12.3. The molecule has 1 aliphatic rings. The number of hydrogen-bond donors (Lipinski definition) is 0. The van der Waals surface area contributed by atoms with Crippen molar-refractivity contribution in [2.75, 3.05) is 0 Å². The summed E-state index contributed by atoms with van der Waals surface area (Å²) >= 11 is 0. The molecule has 2 aromatic rings. The first-order valence-corrected chi connectivity index (χ1v) is 6.95. The highest BCUT2D eigenvalue weighted by Gasteiger charge is 2.26. The van der Waals surface area contributed by atoms with Gasteiger partial charge in [0.25, 0.3) is 0 Å². The minimum atomic E-state index is -0.322. The second-order valence-electron chi connectivity index (χ2n) is 5.42. The van der Waals surface area contributed by atoms with Gasteiger partial charge in [0.1, 0.15) is 5.75 Å². The van der Waals surface area contributed by atoms with Gasteiger partial charge in [0.2, 0.25) is 0 Å². The molecule has 0 aliphatic heterocycles. The van der Waals surface area contributed by atoms with Gasteiger partial charge in [-0.3, -0.25) is 9.59 Å². The zero-order chi connectivity index (χ0) is 15.1. The first kappa shape index (κ1) is 13.6. The third-order valence-electron chi connectivity index (χ3n) is 3.97. The lowest BCUT2D eigenvalue weighted by atomic mass is 9.97. The highest BCUT2D eigenvalue weighted by atomic mass is 16.5. The molecule has 0 bridgehead atoms. The van der Waals surface area contributed by atoms with Crippen molar-refractivity contribution < 1.29 is 14.3 Å². The lowest BCUT2D eigenvalue weighted by Gasteiger charge is -2.08. The smallest absolute Gasteiger partial charge is 0.308 e. The number of fused-ring (bicyclic) bond motifs is 3. The van der Waals surface area contributed by atoms with Crippen LogP contribution in [0.3, 0.4) is 0 Å². The summed E-state index contributed by atoms with van der Waals surface area (Å²) in [4.78, 5) is 22.6. The molecule has 0 amide bonds. The minimum Gasteiger partial charge on any atom is -0.427 e. The Balaban J connectivity index is 2.08. The molecule has 0 radical (unpaired) electrons. The molecule has 106 valence electrons. The number of benzene rings is 2. The largest absolute Gasteiger partial charge is 0.427 e. The van der Waals surface area contributed by atoms with E-state index in [1.807, 2.05) is 30.3 Å². The third kappa shape index (κ3) is 2.25. The Labute approximate surface area is 123 Å². The van der Waals surface area contributed by atoms with E-state index in [-0.39, 0.29) is 17.7 Å². The normalized spacial score (nSPS) is 15.3. The lowest BCUT2D eigenvalue weighted by Crippen LogP contribution is -2.02. The van der Waals surface area contributed by atoms with Gasteiger partial charge < -0.3 is 4.74 Å². The van der Waals surface area contributed by atoms with Crippen molar-refractivity contribution in [3.05, 3.63) is 53.1 Å². The molecule has 0 aromatic heterocycles. The molecule has 3 heteroatoms. The third-order valence-corrected chi connectivity index (χ3v) is 3.97. The Kier molecular flexibility index (Phi) is 3.13. The number of ketones is 1. The maximum Gasteiger partial charge on any atom is 0.308 e. The van der Waals surface area contributed by atoms with E-state index in [1.165, 1.54) is 6.92 Å². The van der Waals surface area contributed by atoms with Gasteiger partial charge in [0.15, 0.2) is 5.78 Å². The molecule has 3 rings (SSSR count). The van der Waals surface area contributed by atoms with Crippen molar-refractivity contribution in [3.63, 3.8) is 0 Å². The molecule has 21 heavy (non-hydrogen) atoms. The molecule has 0 fully saturated rings. The number of hydrogen-bond acceptors (Lipinski definition) is 3. The minimum absolute atomic E-state index is 0.0709. The zero-order valence-electron chi connectivity index (χ0n) is 12.3. The number of ether oxygens (including phenoxy) is 1. The highest BCUT2D eigenvalue weighted by molar-refractivity contribution is 5.95. The van der Waals surface area contributed by atoms with Crippen LogP contribution in [0, 0.1) is 0 Å². The standard InChI is InChI=1S/C18H16O3/c1-10-17-8-13(11(2)19)4-6-15(17)16-7-5-14(9-18(10)16)21-12(3)20/h4-10H,1-3H3. The summed E-state index contributed by atoms with van der Waals surface area (Å²) in [7, 11) is 0. The van der Waals surface area contributed by atoms with Gasteiger partial charge in [-0.25, -0.2) is 0 Å². The number of carbonyl (C=O) groups excluding carboxylic acids is 2. The van der Waals surface area contributed by atoms with Crippen LogP contribution in [-0.2, 0) is 4.79 Å². The van der Waals surface area contributed by atoms with E-state index in [1.54, 1.807) is 13.0 Å². The van der Waals surface area contributed by atoms with Crippen molar-refractivity contribution in [3.8, 4) is 16.9 Å². The summed E-state index contributed by atoms with van der Waals surface area (Å²) < 4.78 is 5.16. The Bertz CT molecular complexity index is 759. The fourth-order valence-electron chi connectivity index (χ4n) is 2.93. The van der Waals surface area contributed by atoms with Crippen molar-refractivity contribution in [2.45, 2.75) is 26.7 Å². The summed E-state index contributed by atoms with van der Waals surface area (Å²) in [6.07, 6.45) is 0. The highest BCUT2D eigenvalue weighted by Crippen LogP contribution is 2.46. The Morgan fingerprint density at radius 1 is 0.952 bits per heavy atom. The van der Waals surface area contributed by atoms with Crippen LogP contribution in [0.25, 0.3) is 11.1 Å². The van der Waals surface area contributed by atoms with Gasteiger partial charge in [0, 0.05) is 18.4 Å². The van der Waals surface area contributed by atoms with Crippen LogP contribution in [-0.4, -0.2) is 11.8 Å². The lowest BCUT2D eigenvalue weighted by molar-refractivity contribution is -0.131. The molecule has 3 nitrogen and oxygen atoms in total. The van der Waals surface area contributed by atoms with E-state index in [0.29, 0.717) is 5.75 Å². The molecular weight excluding hydrogens is 264 g/mol. The molecule has 0 heterocycles. The van der Waals surface area contributed by atoms with E-state index >= 15 is 0 Å². The van der Waals surface area contributed by atoms with Crippen molar-refractivity contribution in [1.29, 1.82) is 0 Å². The second kappa shape index (κ2) is 4.85. The molecule has 1 aliphatic carbocycles. The average Bonchev–Trinajstić information content (AvgIpc) is 2.71. The average molecular weight is 280 g/mol. The van der Waals surface area contributed by atoms with Gasteiger partial charge in [-0.15, -0.1) is 0 Å². The molecule has 1 atom stereocenters. The monoisotopic (exact) mass is 280 g/mol. The van der Waals surface area contributed by atoms with Crippen LogP contribution in [0.4, 0.5) is 0 Å². The van der Waals surface area contributed by atoms with Crippen molar-refractivity contribution >= 4 is 11.8 Å². The molecule has 0 saturated carbocycles. The first-order chi connectivity index (χ1) is 9.97. The molecule has 0 N–H and O–H groups in total. The number of Topliss-reactive ketones (excluding diaryl/α,β-unsaturated/α-hetero) is 1. The molecular formula is C18H16O3. The SMILES string of the molecule is CC(=O)Oc1ccc2c(c1)C(C)c1cc(C(C)=O)ccc1-2. The fourth-order valence-corrected chi connectivity index (χ4v) is 2.93. The summed E-state index contributed by atoms with van der Waals surface area (Å²) in [6, 6.07) is 11.5. The maximum atomic E-state index is 11.5. The van der Waals surface area contributed by atoms with E-state index in [0.717, 1.165) is 27.8 Å². The fraction of sp³-hybridized carbons (Fsp3) is 0.222. The van der Waals surface area contributed by atoms with E-state index in [4.69, 9.17) is 4.74 Å². The quantitative estimate of drug-likeness (QED) is 0.475. The number of esters is 1. The van der Waals surface area contributed by atoms with Crippen LogP contribution >= 0.6 is 0 Å². The predicted octanol–water partition coefficient (Wildman–Crippen LogP) is 3.95. The predicted molar refractivity (Wildman–Crippen MR) is 80.7 cm³/mol. The summed E-state index contributed by atoms with van der Waals surface area (Å²) in [5.41, 5.74) is 5.30. The number of carbonyl (C=O) groups is 2. The molecule has 2 aromatic carbocycles. The summed E-state index contributed by atoms with van der Waals surface area (Å²) in [5, 5.41) is 0. The van der Waals surface area contributed by atoms with Gasteiger partial charge in [-0.1, -0.05) is 25.1 Å². The van der Waals surface area contributed by atoms with Gasteiger partial charge in [-0.2, -0.15) is 0 Å². The van der Waals surface area contributed by atoms with E-state index in [2.05, 4.69) is 6.92 Å². The van der Waals surface area contributed by atoms with Crippen LogP contribution in [0.5, 0.6) is 5.75 Å². The molecule has 1 unspecified atom stereocenters. The summed E-state index contributed by atoms with van der Waals surface area (Å²) in [5.74, 6) is 0.496. The van der Waals surface area contributed by atoms with E-state index < -0.39 is 0 Å². The molecule has 0 saturated heterocycles. The van der Waals surface area contributed by atoms with Gasteiger partial charge >= 0.3 is 5.97 Å². The van der Waals surface area contributed by atoms with Crippen LogP contribution in [0.15, 0.2) is 36.4 Å². The summed E-state index contributed by atoms with van der Waals surface area (Å²) in [6.45, 7) is 5.07. The topological polar surface area (TPSA) is 43.4 Å². The Morgan fingerprint density at radius 3 is 2.19 bits per heavy atom.